The Balaban J connectivity index is 1.45. The first-order chi connectivity index (χ1) is 11.2. The molecule has 23 heavy (non-hydrogen) atoms. The van der Waals surface area contributed by atoms with Crippen molar-refractivity contribution in [3.05, 3.63) is 30.1 Å². The van der Waals surface area contributed by atoms with Gasteiger partial charge in [0.1, 0.15) is 5.82 Å². The second-order valence-electron chi connectivity index (χ2n) is 6.14. The van der Waals surface area contributed by atoms with Crippen molar-refractivity contribution in [3.8, 4) is 0 Å². The largest absolute Gasteiger partial charge is 0.348 e. The van der Waals surface area contributed by atoms with Crippen molar-refractivity contribution in [3.63, 3.8) is 0 Å². The van der Waals surface area contributed by atoms with Gasteiger partial charge in [-0.25, -0.2) is 4.98 Å². The Bertz CT molecular complexity index is 767. The number of hydrogen-bond donors (Lipinski definition) is 1. The van der Waals surface area contributed by atoms with E-state index in [4.69, 9.17) is 4.98 Å². The zero-order valence-electron chi connectivity index (χ0n) is 13.4. The van der Waals surface area contributed by atoms with Crippen LogP contribution in [0.2, 0.25) is 0 Å². The molecule has 1 aliphatic heterocycles. The van der Waals surface area contributed by atoms with E-state index < -0.39 is 0 Å². The maximum atomic E-state index is 4.76. The van der Waals surface area contributed by atoms with Crippen molar-refractivity contribution in [1.29, 1.82) is 0 Å². The lowest BCUT2D eigenvalue weighted by molar-refractivity contribution is 0.486. The van der Waals surface area contributed by atoms with E-state index in [1.165, 1.54) is 4.70 Å². The van der Waals surface area contributed by atoms with Gasteiger partial charge in [-0.1, -0.05) is 23.5 Å². The molecule has 1 aromatic carbocycles. The highest BCUT2D eigenvalue weighted by Crippen LogP contribution is 2.33. The van der Waals surface area contributed by atoms with Gasteiger partial charge in [-0.2, -0.15) is 4.98 Å². The van der Waals surface area contributed by atoms with E-state index in [0.717, 1.165) is 48.4 Å². The van der Waals surface area contributed by atoms with Gasteiger partial charge in [0, 0.05) is 33.1 Å². The summed E-state index contributed by atoms with van der Waals surface area (Å²) in [6, 6.07) is 8.34. The molecule has 0 atom stereocenters. The van der Waals surface area contributed by atoms with Crippen LogP contribution >= 0.6 is 11.3 Å². The van der Waals surface area contributed by atoms with Crippen LogP contribution in [0.3, 0.4) is 0 Å². The van der Waals surface area contributed by atoms with E-state index in [1.54, 1.807) is 11.3 Å². The number of piperidine rings is 1. The van der Waals surface area contributed by atoms with Gasteiger partial charge in [-0.05, 0) is 25.0 Å². The average Bonchev–Trinajstić information content (AvgIpc) is 3.22. The van der Waals surface area contributed by atoms with E-state index in [-0.39, 0.29) is 0 Å². The van der Waals surface area contributed by atoms with Gasteiger partial charge in [0.05, 0.1) is 10.2 Å². The second-order valence-corrected chi connectivity index (χ2v) is 7.15. The van der Waals surface area contributed by atoms with Crippen molar-refractivity contribution >= 4 is 32.6 Å². The lowest BCUT2D eigenvalue weighted by atomic mass is 9.96. The highest BCUT2D eigenvalue weighted by Gasteiger charge is 2.25. The smallest absolute Gasteiger partial charge is 0.244 e. The van der Waals surface area contributed by atoms with Gasteiger partial charge >= 0.3 is 0 Å². The molecule has 0 saturated carbocycles. The number of rotatable bonds is 3. The molecule has 2 aromatic heterocycles. The molecule has 3 heterocycles. The van der Waals surface area contributed by atoms with Gasteiger partial charge in [-0.15, -0.1) is 5.10 Å². The molecule has 120 valence electrons. The summed E-state index contributed by atoms with van der Waals surface area (Å²) in [5.41, 5.74) is 1.10. The fourth-order valence-corrected chi connectivity index (χ4v) is 4.00. The van der Waals surface area contributed by atoms with Gasteiger partial charge in [0.25, 0.3) is 0 Å². The number of aromatic nitrogens is 4. The molecular weight excluding hydrogens is 308 g/mol. The lowest BCUT2D eigenvalue weighted by Gasteiger charge is -2.30. The molecule has 0 unspecified atom stereocenters. The Morgan fingerprint density at radius 3 is 2.65 bits per heavy atom. The van der Waals surface area contributed by atoms with Crippen molar-refractivity contribution in [2.45, 2.75) is 18.8 Å². The molecule has 1 aliphatic rings. The van der Waals surface area contributed by atoms with Crippen LogP contribution in [0.1, 0.15) is 24.6 Å². The fourth-order valence-electron chi connectivity index (χ4n) is 2.99. The summed E-state index contributed by atoms with van der Waals surface area (Å²) in [4.78, 5) is 13.7. The number of benzene rings is 1. The number of para-hydroxylation sites is 1. The first-order valence-corrected chi connectivity index (χ1v) is 8.72. The topological polar surface area (TPSA) is 60.9 Å². The number of fused-ring (bicyclic) bond motifs is 1. The standard InChI is InChI=1S/C16H20N6S/c1-21(2)15-18-14(19-20-15)11-7-9-22(10-8-11)16-17-12-5-3-4-6-13(12)23-16/h3-6,11H,7-10H2,1-2H3,(H,18,19,20). The zero-order valence-corrected chi connectivity index (χ0v) is 14.2. The molecule has 0 radical (unpaired) electrons. The summed E-state index contributed by atoms with van der Waals surface area (Å²) >= 11 is 1.78. The summed E-state index contributed by atoms with van der Waals surface area (Å²) in [6.07, 6.45) is 2.16. The highest BCUT2D eigenvalue weighted by molar-refractivity contribution is 7.22. The molecule has 0 aliphatic carbocycles. The van der Waals surface area contributed by atoms with Crippen LogP contribution in [0.4, 0.5) is 11.1 Å². The van der Waals surface area contributed by atoms with E-state index in [9.17, 15) is 0 Å². The number of hydrogen-bond acceptors (Lipinski definition) is 6. The Hall–Kier alpha value is -2.15. The molecule has 7 heteroatoms. The third-order valence-electron chi connectivity index (χ3n) is 4.33. The summed E-state index contributed by atoms with van der Waals surface area (Å²) in [7, 11) is 3.92. The van der Waals surface area contributed by atoms with E-state index in [0.29, 0.717) is 5.92 Å². The minimum absolute atomic E-state index is 0.460. The molecule has 1 saturated heterocycles. The number of nitrogens with one attached hydrogen (secondary N) is 1. The fraction of sp³-hybridized carbons (Fsp3) is 0.438. The molecule has 1 fully saturated rings. The predicted octanol–water partition coefficient (Wildman–Crippen LogP) is 2.86. The van der Waals surface area contributed by atoms with Crippen molar-refractivity contribution < 1.29 is 0 Å². The number of aromatic amines is 1. The number of H-pyrrole nitrogens is 1. The van der Waals surface area contributed by atoms with Gasteiger partial charge < -0.3 is 9.80 Å². The van der Waals surface area contributed by atoms with Crippen LogP contribution in [-0.4, -0.2) is 47.4 Å². The first kappa shape index (κ1) is 14.4. The molecule has 0 bridgehead atoms. The van der Waals surface area contributed by atoms with E-state index in [2.05, 4.69) is 38.3 Å². The molecule has 6 nitrogen and oxygen atoms in total. The lowest BCUT2D eigenvalue weighted by Crippen LogP contribution is -2.33. The Labute approximate surface area is 139 Å². The number of thiazole rings is 1. The monoisotopic (exact) mass is 328 g/mol. The van der Waals surface area contributed by atoms with Crippen LogP contribution in [0.25, 0.3) is 10.2 Å². The Kier molecular flexibility index (Phi) is 3.65. The minimum Gasteiger partial charge on any atom is -0.348 e. The Morgan fingerprint density at radius 1 is 1.17 bits per heavy atom. The second kappa shape index (κ2) is 5.81. The molecular formula is C16H20N6S. The van der Waals surface area contributed by atoms with Gasteiger partial charge in [0.2, 0.25) is 5.95 Å². The van der Waals surface area contributed by atoms with Crippen molar-refractivity contribution in [1.82, 2.24) is 20.2 Å². The highest BCUT2D eigenvalue weighted by atomic mass is 32.1. The molecule has 0 spiro atoms. The zero-order chi connectivity index (χ0) is 15.8. The SMILES string of the molecule is CN(C)c1n[nH]c(C2CCN(c3nc4ccccc4s3)CC2)n1. The molecule has 1 N–H and O–H groups in total. The minimum atomic E-state index is 0.460. The van der Waals surface area contributed by atoms with E-state index >= 15 is 0 Å². The summed E-state index contributed by atoms with van der Waals surface area (Å²) in [5.74, 6) is 2.23. The molecule has 0 amide bonds. The molecule has 4 rings (SSSR count). The van der Waals surface area contributed by atoms with Crippen LogP contribution in [-0.2, 0) is 0 Å². The number of nitrogens with zero attached hydrogens (tertiary/aromatic N) is 5. The van der Waals surface area contributed by atoms with Gasteiger partial charge in [-0.3, -0.25) is 5.10 Å². The maximum Gasteiger partial charge on any atom is 0.244 e. The molecule has 3 aromatic rings. The third-order valence-corrected chi connectivity index (χ3v) is 5.42. The normalized spacial score (nSPS) is 16.2. The average molecular weight is 328 g/mol. The summed E-state index contributed by atoms with van der Waals surface area (Å²) < 4.78 is 1.26. The predicted molar refractivity (Wildman–Crippen MR) is 94.5 cm³/mol. The van der Waals surface area contributed by atoms with Crippen LogP contribution < -0.4 is 9.80 Å². The maximum absolute atomic E-state index is 4.76. The van der Waals surface area contributed by atoms with Crippen molar-refractivity contribution in [2.24, 2.45) is 0 Å². The van der Waals surface area contributed by atoms with Crippen molar-refractivity contribution in [2.75, 3.05) is 37.0 Å². The Morgan fingerprint density at radius 2 is 1.96 bits per heavy atom. The summed E-state index contributed by atoms with van der Waals surface area (Å²) in [6.45, 7) is 2.03. The van der Waals surface area contributed by atoms with E-state index in [1.807, 2.05) is 25.1 Å². The van der Waals surface area contributed by atoms with Crippen LogP contribution in [0.5, 0.6) is 0 Å². The van der Waals surface area contributed by atoms with Gasteiger partial charge in [0.15, 0.2) is 5.13 Å². The third kappa shape index (κ3) is 2.76. The van der Waals surface area contributed by atoms with Crippen LogP contribution in [0, 0.1) is 0 Å². The number of anilines is 2. The summed E-state index contributed by atoms with van der Waals surface area (Å²) in [5, 5.41) is 8.50. The van der Waals surface area contributed by atoms with Crippen LogP contribution in [0.15, 0.2) is 24.3 Å². The quantitative estimate of drug-likeness (QED) is 0.801. The first-order valence-electron chi connectivity index (χ1n) is 7.91.